The average molecular weight is 274 g/mol. The smallest absolute Gasteiger partial charge is 0.123 e. The molecular weight excluding hydrogens is 251 g/mol. The molecule has 2 nitrogen and oxygen atoms in total. The Bertz CT molecular complexity index is 510. The Balaban J connectivity index is 2.05. The zero-order valence-electron chi connectivity index (χ0n) is 12.3. The number of hydrogen-bond acceptors (Lipinski definition) is 1. The molecule has 0 amide bonds. The second-order valence-corrected chi connectivity index (χ2v) is 5.14. The molecule has 1 aromatic heterocycles. The summed E-state index contributed by atoms with van der Waals surface area (Å²) >= 11 is 0. The van der Waals surface area contributed by atoms with Crippen LogP contribution in [0.2, 0.25) is 0 Å². The summed E-state index contributed by atoms with van der Waals surface area (Å²) < 4.78 is 15.0. The van der Waals surface area contributed by atoms with Gasteiger partial charge in [-0.25, -0.2) is 4.39 Å². The summed E-state index contributed by atoms with van der Waals surface area (Å²) in [7, 11) is 0. The third-order valence-electron chi connectivity index (χ3n) is 3.48. The van der Waals surface area contributed by atoms with Crippen LogP contribution in [0.25, 0.3) is 0 Å². The fraction of sp³-hybridized carbons (Fsp3) is 0.412. The van der Waals surface area contributed by atoms with Crippen LogP contribution in [0.3, 0.4) is 0 Å². The van der Waals surface area contributed by atoms with Crippen molar-refractivity contribution >= 4 is 0 Å². The molecule has 1 aromatic carbocycles. The predicted octanol–water partition coefficient (Wildman–Crippen LogP) is 4.13. The van der Waals surface area contributed by atoms with E-state index in [1.165, 1.54) is 24.1 Å². The van der Waals surface area contributed by atoms with Gasteiger partial charge in [0.25, 0.3) is 0 Å². The van der Waals surface area contributed by atoms with Gasteiger partial charge in [0.05, 0.1) is 0 Å². The SMILES string of the molecule is CCCC(NCC)c1ccn(Cc2ccc(F)cc2)c1. The number of benzene rings is 1. The largest absolute Gasteiger partial charge is 0.350 e. The standard InChI is InChI=1S/C17H23FN2/c1-3-5-17(19-4-2)15-10-11-20(13-15)12-14-6-8-16(18)9-7-14/h6-11,13,17,19H,3-5,12H2,1-2H3. The summed E-state index contributed by atoms with van der Waals surface area (Å²) in [5.41, 5.74) is 2.44. The molecule has 0 fully saturated rings. The van der Waals surface area contributed by atoms with Crippen LogP contribution in [0, 0.1) is 5.82 Å². The van der Waals surface area contributed by atoms with E-state index in [0.717, 1.165) is 25.1 Å². The minimum atomic E-state index is -0.183. The zero-order chi connectivity index (χ0) is 14.4. The molecule has 2 aromatic rings. The molecule has 0 saturated heterocycles. The summed E-state index contributed by atoms with van der Waals surface area (Å²) in [5.74, 6) is -0.183. The van der Waals surface area contributed by atoms with E-state index in [-0.39, 0.29) is 5.82 Å². The van der Waals surface area contributed by atoms with Crippen molar-refractivity contribution in [3.8, 4) is 0 Å². The maximum atomic E-state index is 12.9. The number of rotatable bonds is 7. The Morgan fingerprint density at radius 1 is 1.15 bits per heavy atom. The molecule has 108 valence electrons. The average Bonchev–Trinajstić information content (AvgIpc) is 2.90. The maximum Gasteiger partial charge on any atom is 0.123 e. The van der Waals surface area contributed by atoms with Gasteiger partial charge in [-0.05, 0) is 42.3 Å². The highest BCUT2D eigenvalue weighted by molar-refractivity contribution is 5.20. The Morgan fingerprint density at radius 3 is 2.55 bits per heavy atom. The molecule has 20 heavy (non-hydrogen) atoms. The summed E-state index contributed by atoms with van der Waals surface area (Å²) in [6.45, 7) is 6.11. The first kappa shape index (κ1) is 14.8. The Kier molecular flexibility index (Phi) is 5.36. The van der Waals surface area contributed by atoms with E-state index in [1.807, 2.05) is 12.1 Å². The number of aromatic nitrogens is 1. The molecule has 1 heterocycles. The fourth-order valence-corrected chi connectivity index (χ4v) is 2.49. The predicted molar refractivity (Wildman–Crippen MR) is 81.3 cm³/mol. The van der Waals surface area contributed by atoms with E-state index in [9.17, 15) is 4.39 Å². The van der Waals surface area contributed by atoms with Gasteiger partial charge in [-0.3, -0.25) is 0 Å². The van der Waals surface area contributed by atoms with Crippen LogP contribution in [0.5, 0.6) is 0 Å². The lowest BCUT2D eigenvalue weighted by Crippen LogP contribution is -2.20. The summed E-state index contributed by atoms with van der Waals surface area (Å²) in [6, 6.07) is 9.30. The molecule has 1 atom stereocenters. The van der Waals surface area contributed by atoms with E-state index >= 15 is 0 Å². The third kappa shape index (κ3) is 3.94. The first-order valence-corrected chi connectivity index (χ1v) is 7.36. The number of halogens is 1. The number of nitrogens with zero attached hydrogens (tertiary/aromatic N) is 1. The molecule has 0 aliphatic rings. The molecular formula is C17H23FN2. The lowest BCUT2D eigenvalue weighted by molar-refractivity contribution is 0.508. The fourth-order valence-electron chi connectivity index (χ4n) is 2.49. The van der Waals surface area contributed by atoms with E-state index in [4.69, 9.17) is 0 Å². The van der Waals surface area contributed by atoms with Gasteiger partial charge in [0.15, 0.2) is 0 Å². The van der Waals surface area contributed by atoms with Crippen molar-refractivity contribution in [2.75, 3.05) is 6.54 Å². The Labute approximate surface area is 120 Å². The van der Waals surface area contributed by atoms with Gasteiger partial charge >= 0.3 is 0 Å². The molecule has 0 saturated carbocycles. The van der Waals surface area contributed by atoms with E-state index in [2.05, 4.69) is 42.2 Å². The summed E-state index contributed by atoms with van der Waals surface area (Å²) in [5, 5.41) is 3.52. The molecule has 2 rings (SSSR count). The van der Waals surface area contributed by atoms with Crippen LogP contribution in [0.4, 0.5) is 4.39 Å². The quantitative estimate of drug-likeness (QED) is 0.803. The van der Waals surface area contributed by atoms with Crippen LogP contribution in [0.1, 0.15) is 43.9 Å². The molecule has 3 heteroatoms. The normalized spacial score (nSPS) is 12.6. The number of nitrogens with one attached hydrogen (secondary N) is 1. The molecule has 0 bridgehead atoms. The van der Waals surface area contributed by atoms with Gasteiger partial charge in [0.1, 0.15) is 5.82 Å². The number of hydrogen-bond donors (Lipinski definition) is 1. The lowest BCUT2D eigenvalue weighted by atomic mass is 10.1. The lowest BCUT2D eigenvalue weighted by Gasteiger charge is -2.15. The molecule has 0 spiro atoms. The van der Waals surface area contributed by atoms with Gasteiger partial charge in [-0.1, -0.05) is 32.4 Å². The van der Waals surface area contributed by atoms with E-state index < -0.39 is 0 Å². The molecule has 0 aliphatic heterocycles. The van der Waals surface area contributed by atoms with Crippen LogP contribution in [-0.2, 0) is 6.54 Å². The van der Waals surface area contributed by atoms with E-state index in [1.54, 1.807) is 0 Å². The minimum Gasteiger partial charge on any atom is -0.350 e. The topological polar surface area (TPSA) is 17.0 Å². The van der Waals surface area contributed by atoms with Gasteiger partial charge in [-0.2, -0.15) is 0 Å². The van der Waals surface area contributed by atoms with Crippen LogP contribution >= 0.6 is 0 Å². The minimum absolute atomic E-state index is 0.183. The maximum absolute atomic E-state index is 12.9. The highest BCUT2D eigenvalue weighted by Crippen LogP contribution is 2.19. The second-order valence-electron chi connectivity index (χ2n) is 5.14. The summed E-state index contributed by atoms with van der Waals surface area (Å²) in [4.78, 5) is 0. The molecule has 0 radical (unpaired) electrons. The monoisotopic (exact) mass is 274 g/mol. The van der Waals surface area contributed by atoms with E-state index in [0.29, 0.717) is 6.04 Å². The van der Waals surface area contributed by atoms with Crippen molar-refractivity contribution in [3.63, 3.8) is 0 Å². The molecule has 0 aliphatic carbocycles. The first-order valence-electron chi connectivity index (χ1n) is 7.36. The first-order chi connectivity index (χ1) is 9.72. The van der Waals surface area contributed by atoms with Crippen molar-refractivity contribution in [3.05, 3.63) is 59.7 Å². The third-order valence-corrected chi connectivity index (χ3v) is 3.48. The molecule has 1 N–H and O–H groups in total. The Morgan fingerprint density at radius 2 is 1.90 bits per heavy atom. The van der Waals surface area contributed by atoms with Crippen molar-refractivity contribution in [1.29, 1.82) is 0 Å². The van der Waals surface area contributed by atoms with Crippen molar-refractivity contribution < 1.29 is 4.39 Å². The second kappa shape index (κ2) is 7.25. The van der Waals surface area contributed by atoms with Gasteiger partial charge in [0.2, 0.25) is 0 Å². The Hall–Kier alpha value is -1.61. The van der Waals surface area contributed by atoms with Crippen molar-refractivity contribution in [2.45, 2.75) is 39.3 Å². The summed E-state index contributed by atoms with van der Waals surface area (Å²) in [6.07, 6.45) is 6.60. The van der Waals surface area contributed by atoms with Crippen LogP contribution in [-0.4, -0.2) is 11.1 Å². The van der Waals surface area contributed by atoms with Crippen molar-refractivity contribution in [2.24, 2.45) is 0 Å². The van der Waals surface area contributed by atoms with Crippen molar-refractivity contribution in [1.82, 2.24) is 9.88 Å². The zero-order valence-corrected chi connectivity index (χ0v) is 12.3. The van der Waals surface area contributed by atoms with Gasteiger partial charge < -0.3 is 9.88 Å². The van der Waals surface area contributed by atoms with Gasteiger partial charge in [-0.15, -0.1) is 0 Å². The highest BCUT2D eigenvalue weighted by Gasteiger charge is 2.10. The van der Waals surface area contributed by atoms with Crippen LogP contribution < -0.4 is 5.32 Å². The van der Waals surface area contributed by atoms with Gasteiger partial charge in [0, 0.05) is 25.0 Å². The highest BCUT2D eigenvalue weighted by atomic mass is 19.1. The van der Waals surface area contributed by atoms with Crippen LogP contribution in [0.15, 0.2) is 42.7 Å². The molecule has 1 unspecified atom stereocenters.